The molecule has 4 nitrogen and oxygen atoms in total. The first-order chi connectivity index (χ1) is 6.75. The maximum Gasteiger partial charge on any atom is 0.226 e. The highest BCUT2D eigenvalue weighted by Gasteiger charge is 2.23. The number of hydrogen-bond acceptors (Lipinski definition) is 3. The second kappa shape index (κ2) is 5.98. The maximum absolute atomic E-state index is 11.9. The molecule has 1 atom stereocenters. The van der Waals surface area contributed by atoms with Gasteiger partial charge in [0.2, 0.25) is 5.91 Å². The van der Waals surface area contributed by atoms with E-state index in [0.29, 0.717) is 0 Å². The third-order valence-electron chi connectivity index (χ3n) is 2.72. The van der Waals surface area contributed by atoms with Gasteiger partial charge in [0.05, 0.1) is 5.92 Å². The summed E-state index contributed by atoms with van der Waals surface area (Å²) in [5.74, 6) is 0.484. The van der Waals surface area contributed by atoms with E-state index in [0.717, 1.165) is 39.0 Å². The van der Waals surface area contributed by atoms with E-state index in [1.54, 1.807) is 0 Å². The summed E-state index contributed by atoms with van der Waals surface area (Å²) in [6.45, 7) is 3.57. The second-order valence-electron chi connectivity index (χ2n) is 3.91. The van der Waals surface area contributed by atoms with E-state index in [-0.39, 0.29) is 11.8 Å². The molecule has 1 saturated heterocycles. The second-order valence-corrected chi connectivity index (χ2v) is 3.91. The lowest BCUT2D eigenvalue weighted by molar-refractivity contribution is -0.134. The lowest BCUT2D eigenvalue weighted by atomic mass is 9.98. The number of nitrogens with zero attached hydrogens (tertiary/aromatic N) is 1. The molecule has 4 heteroatoms. The summed E-state index contributed by atoms with van der Waals surface area (Å²) in [7, 11) is 3.79. The van der Waals surface area contributed by atoms with Gasteiger partial charge in [-0.3, -0.25) is 4.79 Å². The van der Waals surface area contributed by atoms with Gasteiger partial charge in [-0.05, 0) is 26.4 Å². The molecule has 0 saturated carbocycles. The van der Waals surface area contributed by atoms with Crippen LogP contribution in [0.25, 0.3) is 0 Å². The van der Waals surface area contributed by atoms with Crippen LogP contribution in [0, 0.1) is 5.92 Å². The largest absolute Gasteiger partial charge is 0.344 e. The van der Waals surface area contributed by atoms with Crippen molar-refractivity contribution in [2.24, 2.45) is 5.92 Å². The van der Waals surface area contributed by atoms with Gasteiger partial charge in [0.15, 0.2) is 0 Å². The first-order valence-electron chi connectivity index (χ1n) is 5.36. The average molecular weight is 199 g/mol. The first-order valence-corrected chi connectivity index (χ1v) is 5.36. The summed E-state index contributed by atoms with van der Waals surface area (Å²) in [6, 6.07) is 0. The number of carbonyl (C=O) groups is 1. The van der Waals surface area contributed by atoms with Gasteiger partial charge in [0.1, 0.15) is 0 Å². The minimum atomic E-state index is 0.200. The van der Waals surface area contributed by atoms with Gasteiger partial charge in [-0.15, -0.1) is 0 Å². The summed E-state index contributed by atoms with van der Waals surface area (Å²) in [6.07, 6.45) is 2.16. The van der Waals surface area contributed by atoms with Crippen LogP contribution in [0.1, 0.15) is 12.8 Å². The lowest BCUT2D eigenvalue weighted by Crippen LogP contribution is -2.43. The zero-order chi connectivity index (χ0) is 10.4. The SMILES string of the molecule is CNCCN(C)C(=O)C1CCCNC1. The van der Waals surface area contributed by atoms with Crippen molar-refractivity contribution in [1.29, 1.82) is 0 Å². The van der Waals surface area contributed by atoms with Crippen molar-refractivity contribution in [2.75, 3.05) is 40.3 Å². The zero-order valence-corrected chi connectivity index (χ0v) is 9.18. The quantitative estimate of drug-likeness (QED) is 0.651. The van der Waals surface area contributed by atoms with Crippen LogP contribution >= 0.6 is 0 Å². The van der Waals surface area contributed by atoms with Crippen molar-refractivity contribution in [3.8, 4) is 0 Å². The van der Waals surface area contributed by atoms with Crippen LogP contribution in [0.5, 0.6) is 0 Å². The van der Waals surface area contributed by atoms with Gasteiger partial charge in [-0.25, -0.2) is 0 Å². The molecular formula is C10H21N3O. The highest BCUT2D eigenvalue weighted by Crippen LogP contribution is 2.12. The molecule has 1 rings (SSSR count). The van der Waals surface area contributed by atoms with Gasteiger partial charge in [-0.2, -0.15) is 0 Å². The van der Waals surface area contributed by atoms with E-state index in [1.807, 2.05) is 19.0 Å². The number of carbonyl (C=O) groups excluding carboxylic acids is 1. The lowest BCUT2D eigenvalue weighted by Gasteiger charge is -2.26. The topological polar surface area (TPSA) is 44.4 Å². The Bertz CT molecular complexity index is 178. The molecule has 0 radical (unpaired) electrons. The Labute approximate surface area is 86.0 Å². The molecule has 0 bridgehead atoms. The van der Waals surface area contributed by atoms with Crippen LogP contribution in [-0.2, 0) is 4.79 Å². The van der Waals surface area contributed by atoms with Gasteiger partial charge in [0.25, 0.3) is 0 Å². The summed E-state index contributed by atoms with van der Waals surface area (Å²) >= 11 is 0. The van der Waals surface area contributed by atoms with Gasteiger partial charge < -0.3 is 15.5 Å². The minimum Gasteiger partial charge on any atom is -0.344 e. The first kappa shape index (κ1) is 11.5. The molecule has 1 unspecified atom stereocenters. The number of nitrogens with one attached hydrogen (secondary N) is 2. The number of rotatable bonds is 4. The van der Waals surface area contributed by atoms with E-state index in [2.05, 4.69) is 10.6 Å². The normalized spacial score (nSPS) is 22.0. The van der Waals surface area contributed by atoms with Gasteiger partial charge in [-0.1, -0.05) is 0 Å². The number of likely N-dealkylation sites (N-methyl/N-ethyl adjacent to an activating group) is 2. The Kier molecular flexibility index (Phi) is 4.90. The summed E-state index contributed by atoms with van der Waals surface area (Å²) in [4.78, 5) is 13.7. The molecule has 1 aliphatic rings. The fraction of sp³-hybridized carbons (Fsp3) is 0.900. The van der Waals surface area contributed by atoms with E-state index >= 15 is 0 Å². The molecule has 0 aromatic rings. The molecule has 0 aliphatic carbocycles. The Morgan fingerprint density at radius 1 is 1.64 bits per heavy atom. The van der Waals surface area contributed by atoms with E-state index in [4.69, 9.17) is 0 Å². The van der Waals surface area contributed by atoms with Crippen LogP contribution in [0.15, 0.2) is 0 Å². The molecular weight excluding hydrogens is 178 g/mol. The van der Waals surface area contributed by atoms with Crippen LogP contribution in [-0.4, -0.2) is 51.1 Å². The predicted octanol–water partition coefficient (Wildman–Crippen LogP) is -0.336. The standard InChI is InChI=1S/C10H21N3O/c1-11-6-7-13(2)10(14)9-4-3-5-12-8-9/h9,11-12H,3-8H2,1-2H3. The molecule has 1 heterocycles. The third kappa shape index (κ3) is 3.27. The van der Waals surface area contributed by atoms with E-state index in [1.165, 1.54) is 0 Å². The molecule has 1 amide bonds. The van der Waals surface area contributed by atoms with Crippen molar-refractivity contribution in [2.45, 2.75) is 12.8 Å². The van der Waals surface area contributed by atoms with Crippen LogP contribution < -0.4 is 10.6 Å². The van der Waals surface area contributed by atoms with Gasteiger partial charge in [0, 0.05) is 26.7 Å². The van der Waals surface area contributed by atoms with E-state index in [9.17, 15) is 4.79 Å². The van der Waals surface area contributed by atoms with Crippen molar-refractivity contribution in [3.63, 3.8) is 0 Å². The number of piperidine rings is 1. The molecule has 82 valence electrons. The third-order valence-corrected chi connectivity index (χ3v) is 2.72. The molecule has 14 heavy (non-hydrogen) atoms. The van der Waals surface area contributed by atoms with Gasteiger partial charge >= 0.3 is 0 Å². The summed E-state index contributed by atoms with van der Waals surface area (Å²) in [5, 5.41) is 6.31. The molecule has 2 N–H and O–H groups in total. The monoisotopic (exact) mass is 199 g/mol. The fourth-order valence-corrected chi connectivity index (χ4v) is 1.76. The van der Waals surface area contributed by atoms with Crippen LogP contribution in [0.3, 0.4) is 0 Å². The van der Waals surface area contributed by atoms with Crippen molar-refractivity contribution < 1.29 is 4.79 Å². The van der Waals surface area contributed by atoms with E-state index < -0.39 is 0 Å². The number of hydrogen-bond donors (Lipinski definition) is 2. The smallest absolute Gasteiger partial charge is 0.226 e. The summed E-state index contributed by atoms with van der Waals surface area (Å²) < 4.78 is 0. The number of amides is 1. The average Bonchev–Trinajstić information content (AvgIpc) is 2.26. The molecule has 1 aliphatic heterocycles. The fourth-order valence-electron chi connectivity index (χ4n) is 1.76. The van der Waals surface area contributed by atoms with Crippen molar-refractivity contribution in [3.05, 3.63) is 0 Å². The van der Waals surface area contributed by atoms with Crippen molar-refractivity contribution >= 4 is 5.91 Å². The molecule has 1 fully saturated rings. The maximum atomic E-state index is 11.9. The molecule has 0 aromatic carbocycles. The highest BCUT2D eigenvalue weighted by atomic mass is 16.2. The Hall–Kier alpha value is -0.610. The van der Waals surface area contributed by atoms with Crippen LogP contribution in [0.2, 0.25) is 0 Å². The zero-order valence-electron chi connectivity index (χ0n) is 9.18. The Morgan fingerprint density at radius 2 is 2.43 bits per heavy atom. The predicted molar refractivity (Wildman–Crippen MR) is 57.2 cm³/mol. The van der Waals surface area contributed by atoms with Crippen LogP contribution in [0.4, 0.5) is 0 Å². The summed E-state index contributed by atoms with van der Waals surface area (Å²) in [5.41, 5.74) is 0. The molecule has 0 spiro atoms. The Balaban J connectivity index is 2.30. The minimum absolute atomic E-state index is 0.200. The Morgan fingerprint density at radius 3 is 3.00 bits per heavy atom. The highest BCUT2D eigenvalue weighted by molar-refractivity contribution is 5.78. The molecule has 0 aromatic heterocycles. The van der Waals surface area contributed by atoms with Crippen molar-refractivity contribution in [1.82, 2.24) is 15.5 Å².